The fourth-order valence-electron chi connectivity index (χ4n) is 1.02. The molecule has 15 heavy (non-hydrogen) atoms. The first-order chi connectivity index (χ1) is 6.93. The Hall–Kier alpha value is -1.26. The van der Waals surface area contributed by atoms with E-state index in [1.54, 1.807) is 6.92 Å². The number of aliphatic carboxylic acids is 1. The Balaban J connectivity index is 4.22. The van der Waals surface area contributed by atoms with E-state index in [1.807, 2.05) is 13.8 Å². The van der Waals surface area contributed by atoms with Gasteiger partial charge in [-0.05, 0) is 27.7 Å². The Labute approximate surface area is 90.0 Å². The van der Waals surface area contributed by atoms with Gasteiger partial charge in [0.15, 0.2) is 0 Å². The van der Waals surface area contributed by atoms with Gasteiger partial charge in [0.05, 0.1) is 5.92 Å². The van der Waals surface area contributed by atoms with Crippen molar-refractivity contribution in [2.45, 2.75) is 33.8 Å². The van der Waals surface area contributed by atoms with Crippen LogP contribution in [0.5, 0.6) is 0 Å². The summed E-state index contributed by atoms with van der Waals surface area (Å²) in [6.45, 7) is 7.90. The van der Waals surface area contributed by atoms with E-state index in [2.05, 4.69) is 0 Å². The average Bonchev–Trinajstić information content (AvgIpc) is 2.18. The number of carbonyl (C=O) groups excluding carboxylic acids is 1. The number of amides is 1. The van der Waals surface area contributed by atoms with E-state index in [4.69, 9.17) is 9.84 Å². The predicted octanol–water partition coefficient (Wildman–Crippen LogP) is 1.57. The van der Waals surface area contributed by atoms with Gasteiger partial charge in [0.1, 0.15) is 6.10 Å². The monoisotopic (exact) mass is 217 g/mol. The van der Waals surface area contributed by atoms with Crippen molar-refractivity contribution >= 4 is 12.1 Å². The zero-order valence-corrected chi connectivity index (χ0v) is 9.69. The quantitative estimate of drug-likeness (QED) is 0.759. The summed E-state index contributed by atoms with van der Waals surface area (Å²) in [4.78, 5) is 23.6. The molecule has 1 N–H and O–H groups in total. The van der Waals surface area contributed by atoms with Crippen LogP contribution in [-0.4, -0.2) is 41.3 Å². The van der Waals surface area contributed by atoms with Crippen molar-refractivity contribution in [1.29, 1.82) is 0 Å². The Morgan fingerprint density at radius 1 is 1.27 bits per heavy atom. The van der Waals surface area contributed by atoms with Gasteiger partial charge in [0.25, 0.3) is 0 Å². The summed E-state index contributed by atoms with van der Waals surface area (Å²) in [7, 11) is 0. The molecule has 0 fully saturated rings. The van der Waals surface area contributed by atoms with Crippen molar-refractivity contribution in [3.8, 4) is 0 Å². The summed E-state index contributed by atoms with van der Waals surface area (Å²) >= 11 is 0. The fraction of sp³-hybridized carbons (Fsp3) is 0.800. The lowest BCUT2D eigenvalue weighted by atomic mass is 10.1. The Morgan fingerprint density at radius 3 is 2.07 bits per heavy atom. The van der Waals surface area contributed by atoms with Crippen LogP contribution in [0.3, 0.4) is 0 Å². The molecule has 2 atom stereocenters. The first-order valence-corrected chi connectivity index (χ1v) is 5.12. The molecule has 1 amide bonds. The molecule has 0 aromatic heterocycles. The number of nitrogens with zero attached hydrogens (tertiary/aromatic N) is 1. The molecule has 5 heteroatoms. The highest BCUT2D eigenvalue weighted by molar-refractivity contribution is 5.72. The minimum absolute atomic E-state index is 0.458. The minimum Gasteiger partial charge on any atom is -0.481 e. The number of ether oxygens (including phenoxy) is 1. The maximum atomic E-state index is 11.5. The molecule has 2 unspecified atom stereocenters. The van der Waals surface area contributed by atoms with Gasteiger partial charge in [-0.15, -0.1) is 0 Å². The van der Waals surface area contributed by atoms with Crippen LogP contribution in [0.4, 0.5) is 4.79 Å². The molecule has 0 heterocycles. The van der Waals surface area contributed by atoms with Crippen molar-refractivity contribution in [1.82, 2.24) is 4.90 Å². The largest absolute Gasteiger partial charge is 0.481 e. The van der Waals surface area contributed by atoms with E-state index in [0.717, 1.165) is 0 Å². The number of rotatable bonds is 5. The van der Waals surface area contributed by atoms with E-state index in [-0.39, 0.29) is 0 Å². The lowest BCUT2D eigenvalue weighted by Gasteiger charge is -2.23. The molecule has 0 aromatic carbocycles. The minimum atomic E-state index is -0.963. The van der Waals surface area contributed by atoms with Crippen LogP contribution in [0, 0.1) is 5.92 Å². The molecular weight excluding hydrogens is 198 g/mol. The van der Waals surface area contributed by atoms with Crippen molar-refractivity contribution in [2.75, 3.05) is 13.1 Å². The van der Waals surface area contributed by atoms with E-state index in [9.17, 15) is 9.59 Å². The summed E-state index contributed by atoms with van der Waals surface area (Å²) in [5, 5.41) is 8.71. The second kappa shape index (κ2) is 6.27. The van der Waals surface area contributed by atoms with Crippen molar-refractivity contribution < 1.29 is 19.4 Å². The lowest BCUT2D eigenvalue weighted by Crippen LogP contribution is -2.36. The predicted molar refractivity (Wildman–Crippen MR) is 55.7 cm³/mol. The number of hydrogen-bond donors (Lipinski definition) is 1. The van der Waals surface area contributed by atoms with Crippen molar-refractivity contribution in [3.05, 3.63) is 0 Å². The lowest BCUT2D eigenvalue weighted by molar-refractivity contribution is -0.144. The molecule has 0 saturated carbocycles. The van der Waals surface area contributed by atoms with E-state index in [0.29, 0.717) is 13.1 Å². The molecule has 0 aliphatic carbocycles. The van der Waals surface area contributed by atoms with Crippen molar-refractivity contribution in [3.63, 3.8) is 0 Å². The number of carbonyl (C=O) groups is 2. The zero-order valence-electron chi connectivity index (χ0n) is 9.69. The highest BCUT2D eigenvalue weighted by Gasteiger charge is 2.24. The molecule has 0 rings (SSSR count). The van der Waals surface area contributed by atoms with Crippen molar-refractivity contribution in [2.24, 2.45) is 5.92 Å². The second-order valence-corrected chi connectivity index (χ2v) is 3.39. The van der Waals surface area contributed by atoms with Gasteiger partial charge >= 0.3 is 12.1 Å². The van der Waals surface area contributed by atoms with Crippen LogP contribution < -0.4 is 0 Å². The molecular formula is C10H19NO4. The molecule has 0 radical (unpaired) electrons. The number of carboxylic acid groups (broad SMARTS) is 1. The Morgan fingerprint density at radius 2 is 1.73 bits per heavy atom. The summed E-state index contributed by atoms with van der Waals surface area (Å²) < 4.78 is 5.02. The molecule has 0 aliphatic heterocycles. The van der Waals surface area contributed by atoms with E-state index < -0.39 is 24.1 Å². The molecule has 0 aliphatic rings. The highest BCUT2D eigenvalue weighted by Crippen LogP contribution is 2.09. The second-order valence-electron chi connectivity index (χ2n) is 3.39. The van der Waals surface area contributed by atoms with Gasteiger partial charge in [0.2, 0.25) is 0 Å². The average molecular weight is 217 g/mol. The number of hydrogen-bond acceptors (Lipinski definition) is 3. The Kier molecular flexibility index (Phi) is 5.74. The third kappa shape index (κ3) is 4.18. The normalized spacial score (nSPS) is 14.1. The highest BCUT2D eigenvalue weighted by atomic mass is 16.6. The molecule has 0 aromatic rings. The van der Waals surface area contributed by atoms with Crippen LogP contribution in [0.15, 0.2) is 0 Å². The molecule has 0 saturated heterocycles. The standard InChI is InChI=1S/C10H19NO4/c1-5-11(6-2)10(14)15-8(4)7(3)9(12)13/h7-8H,5-6H2,1-4H3,(H,12,13). The summed E-state index contributed by atoms with van der Waals surface area (Å²) in [6.07, 6.45) is -1.07. The van der Waals surface area contributed by atoms with Gasteiger partial charge in [-0.2, -0.15) is 0 Å². The van der Waals surface area contributed by atoms with Crippen LogP contribution in [-0.2, 0) is 9.53 Å². The summed E-state index contributed by atoms with van der Waals surface area (Å²) in [5.41, 5.74) is 0. The molecule has 0 spiro atoms. The van der Waals surface area contributed by atoms with Gasteiger partial charge < -0.3 is 14.7 Å². The van der Waals surface area contributed by atoms with Crippen LogP contribution >= 0.6 is 0 Å². The third-order valence-electron chi connectivity index (χ3n) is 2.40. The van der Waals surface area contributed by atoms with E-state index in [1.165, 1.54) is 11.8 Å². The van der Waals surface area contributed by atoms with Crippen LogP contribution in [0.25, 0.3) is 0 Å². The van der Waals surface area contributed by atoms with Crippen LogP contribution in [0.1, 0.15) is 27.7 Å². The number of carboxylic acids is 1. The summed E-state index contributed by atoms with van der Waals surface area (Å²) in [5.74, 6) is -1.65. The van der Waals surface area contributed by atoms with Gasteiger partial charge in [-0.1, -0.05) is 0 Å². The molecule has 88 valence electrons. The SMILES string of the molecule is CCN(CC)C(=O)OC(C)C(C)C(=O)O. The Bertz CT molecular complexity index is 225. The third-order valence-corrected chi connectivity index (χ3v) is 2.40. The zero-order chi connectivity index (χ0) is 12.0. The van der Waals surface area contributed by atoms with Gasteiger partial charge in [0, 0.05) is 13.1 Å². The van der Waals surface area contributed by atoms with Gasteiger partial charge in [-0.3, -0.25) is 4.79 Å². The first kappa shape index (κ1) is 13.7. The molecule has 5 nitrogen and oxygen atoms in total. The fourth-order valence-corrected chi connectivity index (χ4v) is 1.02. The van der Waals surface area contributed by atoms with Crippen LogP contribution in [0.2, 0.25) is 0 Å². The maximum absolute atomic E-state index is 11.5. The first-order valence-electron chi connectivity index (χ1n) is 5.12. The van der Waals surface area contributed by atoms with Gasteiger partial charge in [-0.25, -0.2) is 4.79 Å². The summed E-state index contributed by atoms with van der Waals surface area (Å²) in [6, 6.07) is 0. The molecule has 0 bridgehead atoms. The maximum Gasteiger partial charge on any atom is 0.410 e. The van der Waals surface area contributed by atoms with E-state index >= 15 is 0 Å². The topological polar surface area (TPSA) is 66.8 Å². The smallest absolute Gasteiger partial charge is 0.410 e.